The first-order valence-corrected chi connectivity index (χ1v) is 7.80. The zero-order valence-corrected chi connectivity index (χ0v) is 12.8. The third-order valence-electron chi connectivity index (χ3n) is 3.00. The maximum absolute atomic E-state index is 12.7. The Morgan fingerprint density at radius 2 is 2.00 bits per heavy atom. The monoisotopic (exact) mass is 299 g/mol. The lowest BCUT2D eigenvalue weighted by molar-refractivity contribution is -0.121. The Bertz CT molecular complexity index is 409. The molecule has 1 unspecified atom stereocenters. The Kier molecular flexibility index (Phi) is 7.62. The van der Waals surface area contributed by atoms with Gasteiger partial charge in [0.05, 0.1) is 0 Å². The molecule has 1 atom stereocenters. The first-order chi connectivity index (χ1) is 9.52. The van der Waals surface area contributed by atoms with Crippen LogP contribution in [0.5, 0.6) is 0 Å². The predicted octanol–water partition coefficient (Wildman–Crippen LogP) is 2.83. The Morgan fingerprint density at radius 1 is 1.35 bits per heavy atom. The SMILES string of the molecule is CC(C)C(CCO)NC(=O)CCSc1ccc(F)cc1. The molecule has 3 nitrogen and oxygen atoms in total. The maximum atomic E-state index is 12.7. The molecule has 0 radical (unpaired) electrons. The number of carbonyl (C=O) groups excluding carboxylic acids is 1. The summed E-state index contributed by atoms with van der Waals surface area (Å²) in [5.41, 5.74) is 0. The summed E-state index contributed by atoms with van der Waals surface area (Å²) in [4.78, 5) is 12.8. The third-order valence-corrected chi connectivity index (χ3v) is 4.02. The van der Waals surface area contributed by atoms with Crippen molar-refractivity contribution in [3.05, 3.63) is 30.1 Å². The summed E-state index contributed by atoms with van der Waals surface area (Å²) < 4.78 is 12.7. The number of hydrogen-bond acceptors (Lipinski definition) is 3. The fourth-order valence-corrected chi connectivity index (χ4v) is 2.63. The molecule has 0 spiro atoms. The van der Waals surface area contributed by atoms with Crippen molar-refractivity contribution in [2.45, 2.75) is 37.6 Å². The molecule has 2 N–H and O–H groups in total. The van der Waals surface area contributed by atoms with Gasteiger partial charge < -0.3 is 10.4 Å². The highest BCUT2D eigenvalue weighted by molar-refractivity contribution is 7.99. The molecular formula is C15H22FNO2S. The highest BCUT2D eigenvalue weighted by atomic mass is 32.2. The van der Waals surface area contributed by atoms with Gasteiger partial charge >= 0.3 is 0 Å². The van der Waals surface area contributed by atoms with Gasteiger partial charge in [-0.2, -0.15) is 0 Å². The number of nitrogens with one attached hydrogen (secondary N) is 1. The molecule has 5 heteroatoms. The van der Waals surface area contributed by atoms with Crippen molar-refractivity contribution in [1.29, 1.82) is 0 Å². The lowest BCUT2D eigenvalue weighted by Gasteiger charge is -2.21. The molecule has 0 aliphatic heterocycles. The number of benzene rings is 1. The fraction of sp³-hybridized carbons (Fsp3) is 0.533. The van der Waals surface area contributed by atoms with Crippen molar-refractivity contribution in [1.82, 2.24) is 5.32 Å². The quantitative estimate of drug-likeness (QED) is 0.726. The summed E-state index contributed by atoms with van der Waals surface area (Å²) in [6.07, 6.45) is 0.991. The van der Waals surface area contributed by atoms with Gasteiger partial charge in [0, 0.05) is 29.7 Å². The smallest absolute Gasteiger partial charge is 0.221 e. The molecule has 112 valence electrons. The van der Waals surface area contributed by atoms with E-state index in [9.17, 15) is 9.18 Å². The topological polar surface area (TPSA) is 49.3 Å². The van der Waals surface area contributed by atoms with Crippen molar-refractivity contribution in [3.63, 3.8) is 0 Å². The predicted molar refractivity (Wildman–Crippen MR) is 80.2 cm³/mol. The van der Waals surface area contributed by atoms with Crippen molar-refractivity contribution in [2.24, 2.45) is 5.92 Å². The van der Waals surface area contributed by atoms with Crippen LogP contribution in [0.25, 0.3) is 0 Å². The molecule has 1 aromatic rings. The second-order valence-electron chi connectivity index (χ2n) is 4.98. The number of aliphatic hydroxyl groups is 1. The van der Waals surface area contributed by atoms with Crippen LogP contribution < -0.4 is 5.32 Å². The minimum Gasteiger partial charge on any atom is -0.396 e. The maximum Gasteiger partial charge on any atom is 0.221 e. The van der Waals surface area contributed by atoms with Gasteiger partial charge in [-0.3, -0.25) is 4.79 Å². The van der Waals surface area contributed by atoms with Crippen LogP contribution in [0.1, 0.15) is 26.7 Å². The molecule has 0 saturated carbocycles. The average molecular weight is 299 g/mol. The van der Waals surface area contributed by atoms with E-state index in [2.05, 4.69) is 5.32 Å². The van der Waals surface area contributed by atoms with E-state index in [1.54, 1.807) is 12.1 Å². The normalized spacial score (nSPS) is 12.4. The van der Waals surface area contributed by atoms with Crippen LogP contribution in [-0.2, 0) is 4.79 Å². The molecule has 1 rings (SSSR count). The van der Waals surface area contributed by atoms with E-state index >= 15 is 0 Å². The molecule has 0 aliphatic carbocycles. The second-order valence-corrected chi connectivity index (χ2v) is 6.15. The number of rotatable bonds is 8. The van der Waals surface area contributed by atoms with E-state index < -0.39 is 0 Å². The van der Waals surface area contributed by atoms with Gasteiger partial charge in [0.1, 0.15) is 5.82 Å². The van der Waals surface area contributed by atoms with E-state index in [1.165, 1.54) is 23.9 Å². The van der Waals surface area contributed by atoms with E-state index in [1.807, 2.05) is 13.8 Å². The fourth-order valence-electron chi connectivity index (χ4n) is 1.78. The van der Waals surface area contributed by atoms with Crippen LogP contribution in [0.15, 0.2) is 29.2 Å². The number of carbonyl (C=O) groups is 1. The number of amides is 1. The van der Waals surface area contributed by atoms with Crippen LogP contribution in [0.4, 0.5) is 4.39 Å². The van der Waals surface area contributed by atoms with E-state index in [0.717, 1.165) is 4.90 Å². The Hall–Kier alpha value is -1.07. The molecule has 0 heterocycles. The molecule has 0 saturated heterocycles. The zero-order valence-electron chi connectivity index (χ0n) is 11.9. The molecule has 1 amide bonds. The van der Waals surface area contributed by atoms with E-state index in [4.69, 9.17) is 5.11 Å². The van der Waals surface area contributed by atoms with E-state index in [0.29, 0.717) is 24.5 Å². The Balaban J connectivity index is 2.30. The first-order valence-electron chi connectivity index (χ1n) is 6.81. The van der Waals surface area contributed by atoms with Gasteiger partial charge in [-0.05, 0) is 36.6 Å². The van der Waals surface area contributed by atoms with Crippen LogP contribution in [0, 0.1) is 11.7 Å². The highest BCUT2D eigenvalue weighted by Gasteiger charge is 2.15. The lowest BCUT2D eigenvalue weighted by atomic mass is 10.0. The van der Waals surface area contributed by atoms with Gasteiger partial charge in [-0.1, -0.05) is 13.8 Å². The average Bonchev–Trinajstić information content (AvgIpc) is 2.40. The number of thioether (sulfide) groups is 1. The van der Waals surface area contributed by atoms with Crippen molar-refractivity contribution in [2.75, 3.05) is 12.4 Å². The van der Waals surface area contributed by atoms with Crippen molar-refractivity contribution in [3.8, 4) is 0 Å². The summed E-state index contributed by atoms with van der Waals surface area (Å²) in [6, 6.07) is 6.27. The van der Waals surface area contributed by atoms with Gasteiger partial charge in [-0.15, -0.1) is 11.8 Å². The first kappa shape index (κ1) is 17.0. The Labute approximate surface area is 124 Å². The molecule has 0 aliphatic rings. The van der Waals surface area contributed by atoms with Crippen molar-refractivity contribution < 1.29 is 14.3 Å². The molecule has 0 aromatic heterocycles. The lowest BCUT2D eigenvalue weighted by Crippen LogP contribution is -2.39. The molecule has 1 aromatic carbocycles. The van der Waals surface area contributed by atoms with Crippen LogP contribution in [-0.4, -0.2) is 29.4 Å². The minimum absolute atomic E-state index is 0.00763. The van der Waals surface area contributed by atoms with Crippen molar-refractivity contribution >= 4 is 17.7 Å². The van der Waals surface area contributed by atoms with Gasteiger partial charge in [-0.25, -0.2) is 4.39 Å². The number of halogens is 1. The molecule has 0 fully saturated rings. The molecule has 0 bridgehead atoms. The van der Waals surface area contributed by atoms with Crippen LogP contribution >= 0.6 is 11.8 Å². The summed E-state index contributed by atoms with van der Waals surface area (Å²) in [6.45, 7) is 4.12. The summed E-state index contributed by atoms with van der Waals surface area (Å²) in [5.74, 6) is 0.694. The second kappa shape index (κ2) is 8.97. The molecular weight excluding hydrogens is 277 g/mol. The van der Waals surface area contributed by atoms with Gasteiger partial charge in [0.2, 0.25) is 5.91 Å². The molecule has 20 heavy (non-hydrogen) atoms. The van der Waals surface area contributed by atoms with Crippen LogP contribution in [0.3, 0.4) is 0 Å². The van der Waals surface area contributed by atoms with Gasteiger partial charge in [0.25, 0.3) is 0 Å². The minimum atomic E-state index is -0.254. The number of hydrogen-bond donors (Lipinski definition) is 2. The van der Waals surface area contributed by atoms with E-state index in [-0.39, 0.29) is 24.4 Å². The summed E-state index contributed by atoms with van der Waals surface area (Å²) >= 11 is 1.53. The van der Waals surface area contributed by atoms with Gasteiger partial charge in [0.15, 0.2) is 0 Å². The summed E-state index contributed by atoms with van der Waals surface area (Å²) in [7, 11) is 0. The largest absolute Gasteiger partial charge is 0.396 e. The number of aliphatic hydroxyl groups excluding tert-OH is 1. The highest BCUT2D eigenvalue weighted by Crippen LogP contribution is 2.18. The summed E-state index contributed by atoms with van der Waals surface area (Å²) in [5, 5.41) is 11.9. The Morgan fingerprint density at radius 3 is 2.55 bits per heavy atom. The third kappa shape index (κ3) is 6.39. The van der Waals surface area contributed by atoms with Crippen LogP contribution in [0.2, 0.25) is 0 Å². The zero-order chi connectivity index (χ0) is 15.0. The standard InChI is InChI=1S/C15H22FNO2S/c1-11(2)14(7-9-18)17-15(19)8-10-20-13-5-3-12(16)4-6-13/h3-6,11,14,18H,7-10H2,1-2H3,(H,17,19).